The Morgan fingerprint density at radius 1 is 0.500 bits per heavy atom. The van der Waals surface area contributed by atoms with Crippen LogP contribution in [0.3, 0.4) is 0 Å². The Labute approximate surface area is 670 Å². The highest BCUT2D eigenvalue weighted by molar-refractivity contribution is 6.00. The van der Waals surface area contributed by atoms with Crippen molar-refractivity contribution in [3.05, 3.63) is 108 Å². The van der Waals surface area contributed by atoms with Crippen LogP contribution in [-0.4, -0.2) is 212 Å². The number of nitrogens with zero attached hydrogens (tertiary/aromatic N) is 3. The number of hydrogen-bond donors (Lipinski definition) is 18. The molecule has 0 radical (unpaired) electrons. The molecule has 25 N–H and O–H groups in total. The zero-order chi connectivity index (χ0) is 84.8. The van der Waals surface area contributed by atoms with Crippen LogP contribution in [0.25, 0.3) is 21.8 Å². The van der Waals surface area contributed by atoms with Crippen LogP contribution in [-0.2, 0) is 86.4 Å². The summed E-state index contributed by atoms with van der Waals surface area (Å²) in [5, 5.41) is 30.6. The van der Waals surface area contributed by atoms with Gasteiger partial charge in [-0.05, 0) is 131 Å². The summed E-state index contributed by atoms with van der Waals surface area (Å²) in [6.45, 7) is 8.24. The van der Waals surface area contributed by atoms with Gasteiger partial charge in [-0.1, -0.05) is 102 Å². The number of nitrogens with two attached hydrogens (primary N) is 7. The molecule has 2 aliphatic rings. The van der Waals surface area contributed by atoms with Gasteiger partial charge in [0.1, 0.15) is 60.4 Å². The predicted molar refractivity (Wildman–Crippen MR) is 425 cm³/mol. The minimum absolute atomic E-state index is 0. The first-order valence-electron chi connectivity index (χ1n) is 38.3. The topological polar surface area (TPSA) is 588 Å². The summed E-state index contributed by atoms with van der Waals surface area (Å²) in [4.78, 5) is 206. The van der Waals surface area contributed by atoms with Crippen molar-refractivity contribution in [2.45, 2.75) is 223 Å². The molecule has 35 nitrogen and oxygen atoms in total. The number of aliphatic imine (C=N–C) groups is 1. The number of likely N-dealkylation sites (tertiary alicyclic amines) is 2. The lowest BCUT2D eigenvalue weighted by Crippen LogP contribution is -2.61. The number of nitrogens with one attached hydrogen (secondary N) is 10. The molecule has 0 unspecified atom stereocenters. The average molecular weight is 1630 g/mol. The zero-order valence-electron chi connectivity index (χ0n) is 64.9. The van der Waals surface area contributed by atoms with Gasteiger partial charge in [-0.2, -0.15) is 13.2 Å². The molecule has 2 fully saturated rings. The number of rotatable bonds is 43. The van der Waals surface area contributed by atoms with E-state index < -0.39 is 181 Å². The number of carboxylic acid groups (broad SMARTS) is 1. The van der Waals surface area contributed by atoms with E-state index in [-0.39, 0.29) is 103 Å². The highest BCUT2D eigenvalue weighted by Crippen LogP contribution is 2.26. The monoisotopic (exact) mass is 1630 g/mol. The van der Waals surface area contributed by atoms with Gasteiger partial charge in [-0.3, -0.25) is 67.3 Å². The molecule has 3 aromatic carbocycles. The predicted octanol–water partition coefficient (Wildman–Crippen LogP) is 0.425. The van der Waals surface area contributed by atoms with E-state index in [1.807, 2.05) is 45.9 Å². The van der Waals surface area contributed by atoms with E-state index in [1.54, 1.807) is 73.1 Å². The average Bonchev–Trinajstić information content (AvgIpc) is 1.57. The molecular formula is C78H113F3N20O15. The Balaban J connectivity index is 0.00000286. The second-order valence-electron chi connectivity index (χ2n) is 29.5. The van der Waals surface area contributed by atoms with Crippen LogP contribution in [0, 0.1) is 11.8 Å². The number of carbonyl (C=O) groups is 14. The van der Waals surface area contributed by atoms with Crippen LogP contribution in [0.2, 0.25) is 0 Å². The molecule has 13 amide bonds. The number of aromatic nitrogens is 2. The maximum atomic E-state index is 15.4. The number of benzene rings is 3. The molecule has 38 heteroatoms. The normalized spacial score (nSPS) is 16.2. The number of para-hydroxylation sites is 2. The highest BCUT2D eigenvalue weighted by atomic mass is 19.4. The fourth-order valence-corrected chi connectivity index (χ4v) is 13.6. The smallest absolute Gasteiger partial charge is 0.475 e. The number of fused-ring (bicyclic) bond motifs is 2. The van der Waals surface area contributed by atoms with Crippen molar-refractivity contribution < 1.29 is 85.4 Å². The number of H-pyrrole nitrogens is 2. The van der Waals surface area contributed by atoms with Crippen molar-refractivity contribution in [3.63, 3.8) is 0 Å². The molecule has 11 atom stereocenters. The number of unbranched alkanes of at least 4 members (excludes halogenated alkanes) is 1. The van der Waals surface area contributed by atoms with Crippen LogP contribution in [0.15, 0.2) is 96.2 Å². The molecule has 2 aliphatic heterocycles. The molecule has 4 heterocycles. The number of aliphatic carboxylic acids is 1. The number of amides is 13. The number of guanidine groups is 1. The molecule has 0 saturated carbocycles. The van der Waals surface area contributed by atoms with Gasteiger partial charge in [0.25, 0.3) is 0 Å². The maximum absolute atomic E-state index is 15.4. The van der Waals surface area contributed by atoms with Gasteiger partial charge in [0, 0.05) is 85.9 Å². The van der Waals surface area contributed by atoms with Crippen molar-refractivity contribution in [3.8, 4) is 0 Å². The summed E-state index contributed by atoms with van der Waals surface area (Å²) in [6.07, 6.45) is -0.958. The number of carboxylic acids is 1. The number of alkyl halides is 3. The maximum Gasteiger partial charge on any atom is 0.490 e. The van der Waals surface area contributed by atoms with Crippen LogP contribution in [0.4, 0.5) is 13.2 Å². The quantitative estimate of drug-likeness (QED) is 0.0143. The standard InChI is InChI=1S/C75H108N20O13.C2HF3O2.CH4/c1-42(2)35-55(64(80)98)89-67(101)56(36-43(3)4)90-69(103)59(39-46-41-85-51-23-11-9-20-48(46)51)93-68(102)57(37-44-17-6-5-7-18-44)91-70(104)58(38-45-40-84-50-22-10-8-19-47(45)50)92-66(100)52(27-29-62(78)96)86-65(99)53(28-30-63(79)97)87-71(105)61-26-16-34-95(61)74(108)54(24-12-13-31-76)88-72(106)60-25-15-33-94(60)73(107)49(77)21-14-32-83-75(81)82;3-2(4,5)1(6)7;/h5-11,17-20,22-23,40-43,49,52-61,84-85H,12-16,21,24-39,76-77H2,1-4H3,(H2,78,96)(H2,79,97)(H2,80,98)(H,86,99)(H,87,105)(H,88,106)(H,89,101)(H,90,103)(H,91,104)(H,92,100)(H,93,102)(H4,81,82,83);(H,6,7);1H4/t49-,52+,53+,54+,55+,56+,57+,58-,59-,60-,61+;;/m1../s1. The second-order valence-corrected chi connectivity index (χ2v) is 29.5. The molecule has 7 rings (SSSR count). The zero-order valence-corrected chi connectivity index (χ0v) is 64.9. The first-order valence-corrected chi connectivity index (χ1v) is 38.3. The molecule has 5 aromatic rings. The van der Waals surface area contributed by atoms with E-state index in [1.165, 1.54) is 9.80 Å². The van der Waals surface area contributed by atoms with E-state index in [0.29, 0.717) is 66.1 Å². The lowest BCUT2D eigenvalue weighted by Gasteiger charge is -2.32. The van der Waals surface area contributed by atoms with Crippen molar-refractivity contribution in [1.29, 1.82) is 0 Å². The number of carbonyl (C=O) groups excluding carboxylic acids is 13. The minimum atomic E-state index is -5.08. The summed E-state index contributed by atoms with van der Waals surface area (Å²) < 4.78 is 31.7. The van der Waals surface area contributed by atoms with Gasteiger partial charge in [0.2, 0.25) is 76.8 Å². The Morgan fingerprint density at radius 3 is 1.34 bits per heavy atom. The van der Waals surface area contributed by atoms with E-state index in [2.05, 4.69) is 57.5 Å². The second kappa shape index (κ2) is 46.0. The highest BCUT2D eigenvalue weighted by Gasteiger charge is 2.43. The first kappa shape index (κ1) is 94.9. The van der Waals surface area contributed by atoms with Crippen molar-refractivity contribution in [1.82, 2.24) is 62.3 Å². The third kappa shape index (κ3) is 29.6. The molecule has 636 valence electrons. The van der Waals surface area contributed by atoms with Gasteiger partial charge in [-0.15, -0.1) is 0 Å². The van der Waals surface area contributed by atoms with E-state index >= 15 is 14.4 Å². The van der Waals surface area contributed by atoms with Gasteiger partial charge in [0.05, 0.1) is 6.04 Å². The fraction of sp³-hybridized carbons (Fsp3) is 0.526. The van der Waals surface area contributed by atoms with E-state index in [9.17, 15) is 61.1 Å². The Morgan fingerprint density at radius 2 is 0.897 bits per heavy atom. The third-order valence-electron chi connectivity index (χ3n) is 19.5. The van der Waals surface area contributed by atoms with Gasteiger partial charge in [0.15, 0.2) is 5.96 Å². The lowest BCUT2D eigenvalue weighted by atomic mass is 9.98. The summed E-state index contributed by atoms with van der Waals surface area (Å²) in [5.41, 5.74) is 43.1. The van der Waals surface area contributed by atoms with Gasteiger partial charge >= 0.3 is 12.1 Å². The van der Waals surface area contributed by atoms with E-state index in [0.717, 1.165) is 10.9 Å². The van der Waals surface area contributed by atoms with Gasteiger partial charge < -0.3 is 108 Å². The number of primary amides is 3. The van der Waals surface area contributed by atoms with Crippen molar-refractivity contribution in [2.75, 3.05) is 26.2 Å². The molecule has 116 heavy (non-hydrogen) atoms. The third-order valence-corrected chi connectivity index (χ3v) is 19.5. The minimum Gasteiger partial charge on any atom is -0.475 e. The van der Waals surface area contributed by atoms with Crippen LogP contribution in [0.1, 0.15) is 148 Å². The summed E-state index contributed by atoms with van der Waals surface area (Å²) >= 11 is 0. The largest absolute Gasteiger partial charge is 0.490 e. The SMILES string of the molecule is C.CC(C)C[C@H](NC(=O)[C@H](CC(C)C)NC(=O)[C@@H](Cc1c[nH]c2ccccc12)NC(=O)[C@H](Cc1ccccc1)NC(=O)[C@@H](Cc1c[nH]c2ccccc12)NC(=O)[C@H](CCC(N)=O)NC(=O)[C@H](CCC(N)=O)NC(=O)[C@@H]1CCCN1C(=O)[C@H](CCCCN)NC(=O)[C@H]1CCCN1C(=O)[C@H](N)CCCN=C(N)N)C(N)=O.O=C(O)C(F)(F)F. The molecular weight excluding hydrogens is 1510 g/mol. The summed E-state index contributed by atoms with van der Waals surface area (Å²) in [7, 11) is 0. The number of hydrogen-bond acceptors (Lipinski definition) is 17. The Hall–Kier alpha value is -11.7. The van der Waals surface area contributed by atoms with Gasteiger partial charge in [-0.25, -0.2) is 4.79 Å². The first-order chi connectivity index (χ1) is 54.5. The Bertz CT molecular complexity index is 4230. The molecule has 0 aliphatic carbocycles. The lowest BCUT2D eigenvalue weighted by molar-refractivity contribution is -0.192. The number of aromatic amines is 2. The Kier molecular flexibility index (Phi) is 37.6. The molecule has 0 spiro atoms. The van der Waals surface area contributed by atoms with Crippen LogP contribution in [0.5, 0.6) is 0 Å². The van der Waals surface area contributed by atoms with E-state index in [4.69, 9.17) is 50.0 Å². The fourth-order valence-electron chi connectivity index (χ4n) is 13.6. The number of halogens is 3. The van der Waals surface area contributed by atoms with Crippen molar-refractivity contribution in [2.24, 2.45) is 57.0 Å². The molecule has 0 bridgehead atoms. The molecule has 2 aromatic heterocycles. The van der Waals surface area contributed by atoms with Crippen LogP contribution < -0.4 is 82.7 Å². The molecule has 2 saturated heterocycles. The summed E-state index contributed by atoms with van der Waals surface area (Å²) in [5.74, 6) is -13.4. The van der Waals surface area contributed by atoms with Crippen molar-refractivity contribution >= 4 is 111 Å². The van der Waals surface area contributed by atoms with Crippen LogP contribution >= 0.6 is 0 Å². The summed E-state index contributed by atoms with van der Waals surface area (Å²) in [6, 6.07) is 8.67.